The average Bonchev–Trinajstić information content (AvgIpc) is 2.82. The van der Waals surface area contributed by atoms with Gasteiger partial charge in [-0.2, -0.15) is 5.10 Å². The predicted octanol–water partition coefficient (Wildman–Crippen LogP) is 2.24. The molecule has 0 aliphatic heterocycles. The molecule has 1 aliphatic carbocycles. The van der Waals surface area contributed by atoms with Gasteiger partial charge >= 0.3 is 0 Å². The van der Waals surface area contributed by atoms with Gasteiger partial charge in [0.15, 0.2) is 0 Å². The fourth-order valence-corrected chi connectivity index (χ4v) is 2.34. The highest BCUT2D eigenvalue weighted by atomic mass is 16.3. The molecule has 0 fully saturated rings. The Morgan fingerprint density at radius 1 is 1.38 bits per heavy atom. The molecule has 2 aromatic rings. The Hall–Kier alpha value is -1.61. The highest BCUT2D eigenvalue weighted by Gasteiger charge is 2.17. The van der Waals surface area contributed by atoms with E-state index in [4.69, 9.17) is 0 Å². The summed E-state index contributed by atoms with van der Waals surface area (Å²) in [6, 6.07) is 8.08. The first kappa shape index (κ1) is 9.60. The SMILES string of the molecule is OC1CCCc2cc(-n3cccn3)ccc21. The first-order valence-corrected chi connectivity index (χ1v) is 5.65. The van der Waals surface area contributed by atoms with Crippen molar-refractivity contribution in [3.8, 4) is 5.69 Å². The number of aryl methyl sites for hydroxylation is 1. The number of rotatable bonds is 1. The molecule has 3 rings (SSSR count). The monoisotopic (exact) mass is 214 g/mol. The van der Waals surface area contributed by atoms with E-state index in [9.17, 15) is 5.11 Å². The highest BCUT2D eigenvalue weighted by molar-refractivity contribution is 5.42. The van der Waals surface area contributed by atoms with Crippen LogP contribution in [-0.4, -0.2) is 14.9 Å². The van der Waals surface area contributed by atoms with Crippen LogP contribution in [-0.2, 0) is 6.42 Å². The van der Waals surface area contributed by atoms with Crippen LogP contribution in [0.4, 0.5) is 0 Å². The molecular formula is C13H14N2O. The first-order valence-electron chi connectivity index (χ1n) is 5.65. The summed E-state index contributed by atoms with van der Waals surface area (Å²) in [4.78, 5) is 0. The van der Waals surface area contributed by atoms with E-state index >= 15 is 0 Å². The molecule has 3 nitrogen and oxygen atoms in total. The zero-order valence-electron chi connectivity index (χ0n) is 9.00. The standard InChI is InChI=1S/C13H14N2O/c16-13-4-1-3-10-9-11(5-6-12(10)13)15-8-2-7-14-15/h2,5-9,13,16H,1,3-4H2. The van der Waals surface area contributed by atoms with Crippen molar-refractivity contribution >= 4 is 0 Å². The zero-order chi connectivity index (χ0) is 11.0. The molecule has 0 spiro atoms. The summed E-state index contributed by atoms with van der Waals surface area (Å²) in [5.41, 5.74) is 3.41. The third-order valence-electron chi connectivity index (χ3n) is 3.18. The Kier molecular flexibility index (Phi) is 2.26. The number of nitrogens with zero attached hydrogens (tertiary/aromatic N) is 2. The van der Waals surface area contributed by atoms with Crippen molar-refractivity contribution in [2.24, 2.45) is 0 Å². The van der Waals surface area contributed by atoms with Crippen LogP contribution in [0.2, 0.25) is 0 Å². The number of hydrogen-bond donors (Lipinski definition) is 1. The maximum absolute atomic E-state index is 9.86. The van der Waals surface area contributed by atoms with E-state index in [2.05, 4.69) is 11.2 Å². The smallest absolute Gasteiger partial charge is 0.0792 e. The minimum absolute atomic E-state index is 0.282. The lowest BCUT2D eigenvalue weighted by atomic mass is 9.89. The van der Waals surface area contributed by atoms with Gasteiger partial charge in [-0.15, -0.1) is 0 Å². The second-order valence-corrected chi connectivity index (χ2v) is 4.24. The van der Waals surface area contributed by atoms with E-state index in [-0.39, 0.29) is 6.10 Å². The minimum atomic E-state index is -0.282. The molecule has 0 amide bonds. The van der Waals surface area contributed by atoms with E-state index in [0.29, 0.717) is 0 Å². The third-order valence-corrected chi connectivity index (χ3v) is 3.18. The molecule has 1 aromatic carbocycles. The van der Waals surface area contributed by atoms with Gasteiger partial charge in [0.05, 0.1) is 11.8 Å². The summed E-state index contributed by atoms with van der Waals surface area (Å²) < 4.78 is 1.85. The van der Waals surface area contributed by atoms with Crippen molar-refractivity contribution in [3.63, 3.8) is 0 Å². The summed E-state index contributed by atoms with van der Waals surface area (Å²) >= 11 is 0. The van der Waals surface area contributed by atoms with Crippen LogP contribution >= 0.6 is 0 Å². The molecule has 1 aromatic heterocycles. The van der Waals surface area contributed by atoms with Crippen molar-refractivity contribution in [2.45, 2.75) is 25.4 Å². The van der Waals surface area contributed by atoms with Crippen LogP contribution in [0.15, 0.2) is 36.7 Å². The second kappa shape index (κ2) is 3.76. The molecule has 1 unspecified atom stereocenters. The van der Waals surface area contributed by atoms with Crippen molar-refractivity contribution in [2.75, 3.05) is 0 Å². The number of benzene rings is 1. The summed E-state index contributed by atoms with van der Waals surface area (Å²) in [5, 5.41) is 14.1. The molecule has 1 atom stereocenters. The molecule has 1 heterocycles. The lowest BCUT2D eigenvalue weighted by molar-refractivity contribution is 0.156. The molecule has 1 N–H and O–H groups in total. The van der Waals surface area contributed by atoms with Gasteiger partial charge in [-0.3, -0.25) is 0 Å². The number of hydrogen-bond acceptors (Lipinski definition) is 2. The van der Waals surface area contributed by atoms with Gasteiger partial charge in [-0.05, 0) is 48.6 Å². The molecule has 0 radical (unpaired) electrons. The summed E-state index contributed by atoms with van der Waals surface area (Å²) in [6.07, 6.45) is 6.43. The molecule has 0 bridgehead atoms. The Labute approximate surface area is 94.3 Å². The maximum Gasteiger partial charge on any atom is 0.0792 e. The Morgan fingerprint density at radius 2 is 2.31 bits per heavy atom. The largest absolute Gasteiger partial charge is 0.388 e. The first-order chi connectivity index (χ1) is 7.84. The van der Waals surface area contributed by atoms with E-state index in [1.54, 1.807) is 6.20 Å². The predicted molar refractivity (Wildman–Crippen MR) is 61.5 cm³/mol. The normalized spacial score (nSPS) is 19.4. The number of aromatic nitrogens is 2. The van der Waals surface area contributed by atoms with Crippen LogP contribution in [0.5, 0.6) is 0 Å². The average molecular weight is 214 g/mol. The Bertz CT molecular complexity index is 491. The van der Waals surface area contributed by atoms with Crippen LogP contribution in [0.1, 0.15) is 30.1 Å². The quantitative estimate of drug-likeness (QED) is 0.790. The van der Waals surface area contributed by atoms with E-state index in [0.717, 1.165) is 30.5 Å². The molecule has 1 aliphatic rings. The Morgan fingerprint density at radius 3 is 3.12 bits per heavy atom. The minimum Gasteiger partial charge on any atom is -0.388 e. The molecule has 16 heavy (non-hydrogen) atoms. The van der Waals surface area contributed by atoms with E-state index in [1.807, 2.05) is 29.1 Å². The Balaban J connectivity index is 2.05. The summed E-state index contributed by atoms with van der Waals surface area (Å²) in [7, 11) is 0. The molecule has 0 saturated carbocycles. The third kappa shape index (κ3) is 1.53. The van der Waals surface area contributed by atoms with Gasteiger partial charge in [-0.25, -0.2) is 4.68 Å². The van der Waals surface area contributed by atoms with Crippen molar-refractivity contribution in [1.29, 1.82) is 0 Å². The molecular weight excluding hydrogens is 200 g/mol. The van der Waals surface area contributed by atoms with E-state index < -0.39 is 0 Å². The van der Waals surface area contributed by atoms with Gasteiger partial charge in [0, 0.05) is 12.4 Å². The molecule has 82 valence electrons. The topological polar surface area (TPSA) is 38.0 Å². The lowest BCUT2D eigenvalue weighted by Crippen LogP contribution is -2.10. The number of aliphatic hydroxyl groups is 1. The number of aliphatic hydroxyl groups excluding tert-OH is 1. The lowest BCUT2D eigenvalue weighted by Gasteiger charge is -2.21. The van der Waals surface area contributed by atoms with Crippen LogP contribution < -0.4 is 0 Å². The van der Waals surface area contributed by atoms with Crippen LogP contribution in [0.3, 0.4) is 0 Å². The van der Waals surface area contributed by atoms with Crippen LogP contribution in [0, 0.1) is 0 Å². The zero-order valence-corrected chi connectivity index (χ0v) is 9.00. The highest BCUT2D eigenvalue weighted by Crippen LogP contribution is 2.30. The maximum atomic E-state index is 9.86. The summed E-state index contributed by atoms with van der Waals surface area (Å²) in [5.74, 6) is 0. The summed E-state index contributed by atoms with van der Waals surface area (Å²) in [6.45, 7) is 0. The van der Waals surface area contributed by atoms with Gasteiger partial charge in [0.25, 0.3) is 0 Å². The van der Waals surface area contributed by atoms with Crippen LogP contribution in [0.25, 0.3) is 5.69 Å². The van der Waals surface area contributed by atoms with Crippen molar-refractivity contribution < 1.29 is 5.11 Å². The fourth-order valence-electron chi connectivity index (χ4n) is 2.34. The van der Waals surface area contributed by atoms with Gasteiger partial charge in [0.1, 0.15) is 0 Å². The van der Waals surface area contributed by atoms with Gasteiger partial charge in [0.2, 0.25) is 0 Å². The van der Waals surface area contributed by atoms with Gasteiger partial charge < -0.3 is 5.11 Å². The van der Waals surface area contributed by atoms with Crippen molar-refractivity contribution in [1.82, 2.24) is 9.78 Å². The fraction of sp³-hybridized carbons (Fsp3) is 0.308. The van der Waals surface area contributed by atoms with E-state index in [1.165, 1.54) is 5.56 Å². The molecule has 0 saturated heterocycles. The second-order valence-electron chi connectivity index (χ2n) is 4.24. The molecule has 3 heteroatoms. The van der Waals surface area contributed by atoms with Gasteiger partial charge in [-0.1, -0.05) is 6.07 Å². The number of fused-ring (bicyclic) bond motifs is 1. The van der Waals surface area contributed by atoms with Crippen molar-refractivity contribution in [3.05, 3.63) is 47.8 Å².